The number of hydrogen-bond acceptors (Lipinski definition) is 6. The van der Waals surface area contributed by atoms with Crippen molar-refractivity contribution in [3.8, 4) is 0 Å². The molecule has 1 heterocycles. The fraction of sp³-hybridized carbons (Fsp3) is 0.846. The van der Waals surface area contributed by atoms with Crippen LogP contribution in [0.1, 0.15) is 57.8 Å². The van der Waals surface area contributed by atoms with E-state index in [2.05, 4.69) is 0 Å². The largest absolute Gasteiger partial charge is 0.409 e. The van der Waals surface area contributed by atoms with Crippen molar-refractivity contribution in [3.05, 3.63) is 0 Å². The van der Waals surface area contributed by atoms with Gasteiger partial charge in [-0.05, 0) is 32.2 Å². The third kappa shape index (κ3) is 6.54. The van der Waals surface area contributed by atoms with Crippen LogP contribution in [0.15, 0.2) is 0 Å². The number of unbranched alkanes of at least 4 members (excludes halogenated alkanes) is 1. The molecule has 0 aromatic carbocycles. The molecular formula is C13H24N2O4. The third-order valence-electron chi connectivity index (χ3n) is 3.06. The summed E-state index contributed by atoms with van der Waals surface area (Å²) in [5.74, 6) is -2.46. The lowest BCUT2D eigenvalue weighted by atomic mass is 10.1. The maximum absolute atomic E-state index is 11.6. The Kier molecular flexibility index (Phi) is 6.80. The van der Waals surface area contributed by atoms with Crippen LogP contribution in [0, 0.1) is 0 Å². The van der Waals surface area contributed by atoms with Gasteiger partial charge in [-0.2, -0.15) is 0 Å². The highest BCUT2D eigenvalue weighted by Crippen LogP contribution is 2.20. The van der Waals surface area contributed by atoms with Gasteiger partial charge in [0.1, 0.15) is 0 Å². The lowest BCUT2D eigenvalue weighted by molar-refractivity contribution is -0.230. The van der Waals surface area contributed by atoms with E-state index < -0.39 is 17.8 Å². The minimum atomic E-state index is -1.63. The zero-order valence-electron chi connectivity index (χ0n) is 11.4. The van der Waals surface area contributed by atoms with Crippen molar-refractivity contribution >= 4 is 11.9 Å². The van der Waals surface area contributed by atoms with Crippen LogP contribution in [0.25, 0.3) is 0 Å². The predicted molar refractivity (Wildman–Crippen MR) is 69.7 cm³/mol. The van der Waals surface area contributed by atoms with Crippen LogP contribution in [0.4, 0.5) is 0 Å². The van der Waals surface area contributed by atoms with Crippen molar-refractivity contribution in [1.29, 1.82) is 0 Å². The number of ether oxygens (including phenoxy) is 2. The third-order valence-corrected chi connectivity index (χ3v) is 3.06. The van der Waals surface area contributed by atoms with Gasteiger partial charge in [0.25, 0.3) is 0 Å². The van der Waals surface area contributed by atoms with E-state index in [4.69, 9.17) is 20.9 Å². The fourth-order valence-corrected chi connectivity index (χ4v) is 2.02. The van der Waals surface area contributed by atoms with Gasteiger partial charge in [0.2, 0.25) is 0 Å². The van der Waals surface area contributed by atoms with E-state index in [1.54, 1.807) is 0 Å². The van der Waals surface area contributed by atoms with E-state index in [0.29, 0.717) is 25.8 Å². The molecule has 1 fully saturated rings. The van der Waals surface area contributed by atoms with Crippen LogP contribution in [0.2, 0.25) is 0 Å². The summed E-state index contributed by atoms with van der Waals surface area (Å²) in [6, 6.07) is 0. The van der Waals surface area contributed by atoms with Crippen molar-refractivity contribution in [2.24, 2.45) is 11.5 Å². The van der Waals surface area contributed by atoms with Gasteiger partial charge in [-0.3, -0.25) is 15.3 Å². The smallest absolute Gasteiger partial charge is 0.315 e. The summed E-state index contributed by atoms with van der Waals surface area (Å²) in [7, 11) is 0. The first-order chi connectivity index (χ1) is 9.06. The van der Waals surface area contributed by atoms with Crippen LogP contribution in [0.5, 0.6) is 0 Å². The summed E-state index contributed by atoms with van der Waals surface area (Å²) in [4.78, 5) is 23.3. The predicted octanol–water partition coefficient (Wildman–Crippen LogP) is 1.17. The second kappa shape index (κ2) is 8.12. The number of esters is 2. The van der Waals surface area contributed by atoms with Gasteiger partial charge < -0.3 is 15.2 Å². The van der Waals surface area contributed by atoms with Gasteiger partial charge in [0.15, 0.2) is 0 Å². The Balaban J connectivity index is 2.63. The Morgan fingerprint density at radius 2 is 1.47 bits per heavy atom. The quantitative estimate of drug-likeness (QED) is 0.588. The molecule has 1 saturated heterocycles. The first kappa shape index (κ1) is 15.9. The van der Waals surface area contributed by atoms with Crippen LogP contribution < -0.4 is 11.5 Å². The zero-order chi connectivity index (χ0) is 14.1. The van der Waals surface area contributed by atoms with Crippen molar-refractivity contribution in [2.45, 2.75) is 63.7 Å². The van der Waals surface area contributed by atoms with Crippen LogP contribution in [0.3, 0.4) is 0 Å². The average molecular weight is 272 g/mol. The summed E-state index contributed by atoms with van der Waals surface area (Å²) in [6.45, 7) is 0.526. The van der Waals surface area contributed by atoms with Crippen LogP contribution in [-0.2, 0) is 19.1 Å². The fourth-order valence-electron chi connectivity index (χ4n) is 2.02. The molecule has 0 aromatic rings. The monoisotopic (exact) mass is 272 g/mol. The molecule has 19 heavy (non-hydrogen) atoms. The van der Waals surface area contributed by atoms with Gasteiger partial charge in [0.05, 0.1) is 0 Å². The van der Waals surface area contributed by atoms with Crippen molar-refractivity contribution < 1.29 is 19.1 Å². The maximum Gasteiger partial charge on any atom is 0.315 e. The second-order valence-corrected chi connectivity index (χ2v) is 4.92. The van der Waals surface area contributed by atoms with Crippen LogP contribution in [-0.4, -0.2) is 24.4 Å². The summed E-state index contributed by atoms with van der Waals surface area (Å²) in [5, 5.41) is 0. The Hall–Kier alpha value is -1.14. The molecular weight excluding hydrogens is 248 g/mol. The molecule has 0 radical (unpaired) electrons. The molecule has 6 nitrogen and oxygen atoms in total. The number of carbonyl (C=O) groups excluding carboxylic acids is 2. The molecule has 0 aliphatic carbocycles. The van der Waals surface area contributed by atoms with Crippen molar-refractivity contribution in [2.75, 3.05) is 6.54 Å². The maximum atomic E-state index is 11.6. The first-order valence-corrected chi connectivity index (χ1v) is 6.98. The number of rotatable bonds is 4. The Labute approximate surface area is 113 Å². The standard InChI is InChI=1S/C13H24N2O4/c14-10-6-5-9-13(15)18-11(16)7-3-1-2-4-8-12(17)19-13/h1-10,14-15H2. The molecule has 4 N–H and O–H groups in total. The van der Waals surface area contributed by atoms with Gasteiger partial charge in [-0.25, -0.2) is 0 Å². The molecule has 1 aliphatic rings. The number of cyclic esters (lactones) is 2. The first-order valence-electron chi connectivity index (χ1n) is 6.98. The summed E-state index contributed by atoms with van der Waals surface area (Å²) in [5.41, 5.74) is 11.3. The van der Waals surface area contributed by atoms with Gasteiger partial charge >= 0.3 is 17.8 Å². The summed E-state index contributed by atoms with van der Waals surface area (Å²) in [6.07, 6.45) is 5.63. The molecule has 0 amide bonds. The average Bonchev–Trinajstić information content (AvgIpc) is 2.35. The normalized spacial score (nSPS) is 21.2. The molecule has 6 heteroatoms. The van der Waals surface area contributed by atoms with E-state index in [0.717, 1.165) is 32.1 Å². The molecule has 110 valence electrons. The number of nitrogens with two attached hydrogens (primary N) is 2. The van der Waals surface area contributed by atoms with Crippen LogP contribution >= 0.6 is 0 Å². The van der Waals surface area contributed by atoms with E-state index in [9.17, 15) is 9.59 Å². The molecule has 0 bridgehead atoms. The number of carbonyl (C=O) groups is 2. The zero-order valence-corrected chi connectivity index (χ0v) is 11.4. The summed E-state index contributed by atoms with van der Waals surface area (Å²) >= 11 is 0. The number of hydrogen-bond donors (Lipinski definition) is 2. The van der Waals surface area contributed by atoms with Crippen molar-refractivity contribution in [3.63, 3.8) is 0 Å². The minimum Gasteiger partial charge on any atom is -0.409 e. The lowest BCUT2D eigenvalue weighted by Gasteiger charge is -2.28. The molecule has 0 aromatic heterocycles. The molecule has 1 aliphatic heterocycles. The Morgan fingerprint density at radius 1 is 0.947 bits per heavy atom. The second-order valence-electron chi connectivity index (χ2n) is 4.92. The Morgan fingerprint density at radius 3 is 1.95 bits per heavy atom. The van der Waals surface area contributed by atoms with E-state index in [1.807, 2.05) is 0 Å². The lowest BCUT2D eigenvalue weighted by Crippen LogP contribution is -2.48. The molecule has 0 atom stereocenters. The Bertz CT molecular complexity index is 285. The minimum absolute atomic E-state index is 0.279. The van der Waals surface area contributed by atoms with Gasteiger partial charge in [0, 0.05) is 19.3 Å². The molecule has 1 rings (SSSR count). The molecule has 0 unspecified atom stereocenters. The van der Waals surface area contributed by atoms with Gasteiger partial charge in [-0.1, -0.05) is 12.8 Å². The van der Waals surface area contributed by atoms with E-state index in [1.165, 1.54) is 0 Å². The summed E-state index contributed by atoms with van der Waals surface area (Å²) < 4.78 is 10.3. The SMILES string of the molecule is NCCCCC1(N)OC(=O)CCCCCCC(=O)O1. The topological polar surface area (TPSA) is 105 Å². The van der Waals surface area contributed by atoms with Gasteiger partial charge in [-0.15, -0.1) is 0 Å². The van der Waals surface area contributed by atoms with E-state index >= 15 is 0 Å². The highest BCUT2D eigenvalue weighted by molar-refractivity contribution is 5.72. The van der Waals surface area contributed by atoms with Crippen molar-refractivity contribution in [1.82, 2.24) is 0 Å². The highest BCUT2D eigenvalue weighted by atomic mass is 16.7. The molecule has 0 spiro atoms. The van der Waals surface area contributed by atoms with E-state index in [-0.39, 0.29) is 6.42 Å². The highest BCUT2D eigenvalue weighted by Gasteiger charge is 2.33. The molecule has 0 saturated carbocycles.